The Bertz CT molecular complexity index is 259. The molecule has 0 aromatic carbocycles. The van der Waals surface area contributed by atoms with Crippen molar-refractivity contribution in [2.24, 2.45) is 0 Å². The molecule has 0 saturated heterocycles. The van der Waals surface area contributed by atoms with Gasteiger partial charge in [-0.15, -0.1) is 5.92 Å². The summed E-state index contributed by atoms with van der Waals surface area (Å²) in [5, 5.41) is 0. The molecule has 0 fully saturated rings. The molecule has 0 rings (SSSR count). The summed E-state index contributed by atoms with van der Waals surface area (Å²) in [5.41, 5.74) is 2.33. The summed E-state index contributed by atoms with van der Waals surface area (Å²) in [4.78, 5) is 2.08. The van der Waals surface area contributed by atoms with E-state index in [9.17, 15) is 0 Å². The molecule has 0 aromatic rings. The fraction of sp³-hybridized carbons (Fsp3) is 0.571. The Kier molecular flexibility index (Phi) is 11.8. The van der Waals surface area contributed by atoms with Crippen LogP contribution in [0.25, 0.3) is 0 Å². The van der Waals surface area contributed by atoms with Crippen molar-refractivity contribution in [3.05, 3.63) is 23.4 Å². The lowest BCUT2D eigenvalue weighted by molar-refractivity contribution is 0.513. The predicted octanol–water partition coefficient (Wildman–Crippen LogP) is 3.84. The Morgan fingerprint density at radius 2 is 1.80 bits per heavy atom. The molecule has 1 nitrogen and oxygen atoms in total. The summed E-state index contributed by atoms with van der Waals surface area (Å²) in [5.74, 6) is 5.99. The first-order valence-electron chi connectivity index (χ1n) is 5.60. The lowest BCUT2D eigenvalue weighted by Crippen LogP contribution is -2.08. The number of hydrogen-bond acceptors (Lipinski definition) is 1. The van der Waals surface area contributed by atoms with Crippen LogP contribution in [0.4, 0.5) is 0 Å². The maximum absolute atomic E-state index is 3.08. The van der Waals surface area contributed by atoms with E-state index in [2.05, 4.69) is 42.7 Å². The molecule has 0 unspecified atom stereocenters. The van der Waals surface area contributed by atoms with Gasteiger partial charge in [-0.05, 0) is 26.3 Å². The predicted molar refractivity (Wildman–Crippen MR) is 70.6 cm³/mol. The minimum Gasteiger partial charge on any atom is -0.381 e. The van der Waals surface area contributed by atoms with Gasteiger partial charge in [-0.2, -0.15) is 0 Å². The van der Waals surface area contributed by atoms with E-state index in [0.717, 1.165) is 12.0 Å². The fourth-order valence-corrected chi connectivity index (χ4v) is 0.864. The molecule has 0 atom stereocenters. The average Bonchev–Trinajstić information content (AvgIpc) is 2.21. The van der Waals surface area contributed by atoms with Crippen LogP contribution < -0.4 is 0 Å². The number of nitrogens with zero attached hydrogens (tertiary/aromatic N) is 1. The summed E-state index contributed by atoms with van der Waals surface area (Å²) >= 11 is 0. The molecule has 0 bridgehead atoms. The maximum atomic E-state index is 3.08. The molecule has 0 amide bonds. The van der Waals surface area contributed by atoms with Crippen LogP contribution in [0.1, 0.15) is 41.0 Å². The van der Waals surface area contributed by atoms with Crippen LogP contribution in [0.5, 0.6) is 0 Å². The van der Waals surface area contributed by atoms with Crippen molar-refractivity contribution in [2.45, 2.75) is 41.0 Å². The minimum atomic E-state index is 1.03. The second-order valence-corrected chi connectivity index (χ2v) is 3.12. The van der Waals surface area contributed by atoms with E-state index in [1.165, 1.54) is 5.70 Å². The van der Waals surface area contributed by atoms with E-state index in [0.29, 0.717) is 0 Å². The molecule has 0 saturated carbocycles. The molecule has 0 radical (unpaired) electrons. The van der Waals surface area contributed by atoms with Gasteiger partial charge in [0.2, 0.25) is 0 Å². The first-order chi connectivity index (χ1) is 7.11. The Hall–Kier alpha value is -1.16. The van der Waals surface area contributed by atoms with E-state index in [1.807, 2.05) is 34.9 Å². The zero-order valence-electron chi connectivity index (χ0n) is 11.3. The van der Waals surface area contributed by atoms with Gasteiger partial charge in [-0.25, -0.2) is 0 Å². The van der Waals surface area contributed by atoms with Gasteiger partial charge in [-0.3, -0.25) is 0 Å². The fourth-order valence-electron chi connectivity index (χ4n) is 0.864. The Labute approximate surface area is 95.9 Å². The van der Waals surface area contributed by atoms with Gasteiger partial charge < -0.3 is 4.90 Å². The molecule has 0 aromatic heterocycles. The highest BCUT2D eigenvalue weighted by Gasteiger charge is 1.92. The molecule has 15 heavy (non-hydrogen) atoms. The van der Waals surface area contributed by atoms with Gasteiger partial charge in [0.1, 0.15) is 0 Å². The van der Waals surface area contributed by atoms with E-state index < -0.39 is 0 Å². The maximum Gasteiger partial charge on any atom is 0.0222 e. The number of rotatable bonds is 3. The van der Waals surface area contributed by atoms with Crippen molar-refractivity contribution in [3.8, 4) is 11.8 Å². The van der Waals surface area contributed by atoms with Crippen molar-refractivity contribution in [3.63, 3.8) is 0 Å². The first-order valence-corrected chi connectivity index (χ1v) is 5.60. The first kappa shape index (κ1) is 16.3. The summed E-state index contributed by atoms with van der Waals surface area (Å²) in [6.07, 6.45) is 5.28. The summed E-state index contributed by atoms with van der Waals surface area (Å²) in [6.45, 7) is 10.1. The smallest absolute Gasteiger partial charge is 0.0222 e. The van der Waals surface area contributed by atoms with Crippen LogP contribution in [0.2, 0.25) is 0 Å². The van der Waals surface area contributed by atoms with Gasteiger partial charge in [-0.1, -0.05) is 32.8 Å². The van der Waals surface area contributed by atoms with Gasteiger partial charge in [0.15, 0.2) is 0 Å². The number of allylic oxidation sites excluding steroid dienone is 4. The second-order valence-electron chi connectivity index (χ2n) is 3.12. The Morgan fingerprint density at radius 3 is 2.13 bits per heavy atom. The van der Waals surface area contributed by atoms with E-state index >= 15 is 0 Å². The zero-order chi connectivity index (χ0) is 12.3. The van der Waals surface area contributed by atoms with Gasteiger partial charge in [0.25, 0.3) is 0 Å². The van der Waals surface area contributed by atoms with E-state index in [-0.39, 0.29) is 0 Å². The van der Waals surface area contributed by atoms with Crippen LogP contribution in [-0.4, -0.2) is 19.0 Å². The molecular formula is C14H25N. The highest BCUT2D eigenvalue weighted by molar-refractivity contribution is 5.39. The van der Waals surface area contributed by atoms with Crippen LogP contribution in [0.3, 0.4) is 0 Å². The SMILES string of the molecule is CC.CC#CC(=C/CC)/C=C(\C)N(C)C. The molecule has 0 N–H and O–H groups in total. The van der Waals surface area contributed by atoms with E-state index in [4.69, 9.17) is 0 Å². The van der Waals surface area contributed by atoms with Crippen LogP contribution in [0, 0.1) is 11.8 Å². The summed E-state index contributed by atoms with van der Waals surface area (Å²) < 4.78 is 0. The molecule has 0 spiro atoms. The van der Waals surface area contributed by atoms with Crippen LogP contribution in [0.15, 0.2) is 23.4 Å². The zero-order valence-corrected chi connectivity index (χ0v) is 11.3. The highest BCUT2D eigenvalue weighted by atomic mass is 15.1. The normalized spacial score (nSPS) is 10.9. The quantitative estimate of drug-likeness (QED) is 0.502. The third-order valence-corrected chi connectivity index (χ3v) is 1.76. The topological polar surface area (TPSA) is 3.24 Å². The summed E-state index contributed by atoms with van der Waals surface area (Å²) in [7, 11) is 4.07. The Morgan fingerprint density at radius 1 is 1.27 bits per heavy atom. The molecule has 0 aliphatic heterocycles. The highest BCUT2D eigenvalue weighted by Crippen LogP contribution is 2.04. The van der Waals surface area contributed by atoms with Crippen molar-refractivity contribution in [1.82, 2.24) is 4.90 Å². The van der Waals surface area contributed by atoms with Crippen molar-refractivity contribution >= 4 is 0 Å². The van der Waals surface area contributed by atoms with Gasteiger partial charge in [0, 0.05) is 25.4 Å². The second kappa shape index (κ2) is 10.9. The van der Waals surface area contributed by atoms with Crippen molar-refractivity contribution in [1.29, 1.82) is 0 Å². The molecule has 0 aliphatic rings. The molecule has 0 aliphatic carbocycles. The lowest BCUT2D eigenvalue weighted by atomic mass is 10.2. The average molecular weight is 207 g/mol. The van der Waals surface area contributed by atoms with Gasteiger partial charge in [0.05, 0.1) is 0 Å². The summed E-state index contributed by atoms with van der Waals surface area (Å²) in [6, 6.07) is 0. The molecular weight excluding hydrogens is 182 g/mol. The monoisotopic (exact) mass is 207 g/mol. The minimum absolute atomic E-state index is 1.03. The Balaban J connectivity index is 0. The molecule has 0 heterocycles. The molecule has 1 heteroatoms. The van der Waals surface area contributed by atoms with Crippen molar-refractivity contribution in [2.75, 3.05) is 14.1 Å². The van der Waals surface area contributed by atoms with Crippen molar-refractivity contribution < 1.29 is 0 Å². The third kappa shape index (κ3) is 9.15. The molecule has 86 valence electrons. The van der Waals surface area contributed by atoms with Crippen LogP contribution >= 0.6 is 0 Å². The third-order valence-electron chi connectivity index (χ3n) is 1.76. The largest absolute Gasteiger partial charge is 0.381 e. The van der Waals surface area contributed by atoms with E-state index in [1.54, 1.807) is 0 Å². The van der Waals surface area contributed by atoms with Crippen LogP contribution in [-0.2, 0) is 0 Å². The van der Waals surface area contributed by atoms with Gasteiger partial charge >= 0.3 is 0 Å². The number of hydrogen-bond donors (Lipinski definition) is 0. The standard InChI is InChI=1S/C12H19N.C2H6/c1-6-8-12(9-7-2)10-11(3)13(4)5;1-2/h8,10H,6H2,1-5H3;1-2H3/b11-10+,12-8-;. The lowest BCUT2D eigenvalue weighted by Gasteiger charge is -2.12.